The number of nitrogens with one attached hydrogen (secondary N) is 3. The van der Waals surface area contributed by atoms with Gasteiger partial charge in [0.05, 0.1) is 14.2 Å². The molecule has 1 amide bonds. The fourth-order valence-electron chi connectivity index (χ4n) is 3.30. The van der Waals surface area contributed by atoms with Crippen LogP contribution < -0.4 is 25.4 Å². The van der Waals surface area contributed by atoms with Crippen molar-refractivity contribution in [2.75, 3.05) is 33.1 Å². The average Bonchev–Trinajstić information content (AvgIpc) is 2.73. The number of aliphatic imine (C=N–C) groups is 1. The summed E-state index contributed by atoms with van der Waals surface area (Å²) in [5.74, 6) is 2.30. The van der Waals surface area contributed by atoms with E-state index in [0.717, 1.165) is 28.3 Å². The summed E-state index contributed by atoms with van der Waals surface area (Å²) < 4.78 is 10.7. The second kappa shape index (κ2) is 10.9. The Hall–Kier alpha value is -2.49. The quantitative estimate of drug-likeness (QED) is 0.316. The molecule has 8 heteroatoms. The molecule has 0 saturated carbocycles. The van der Waals surface area contributed by atoms with Gasteiger partial charge < -0.3 is 25.4 Å². The van der Waals surface area contributed by atoms with Gasteiger partial charge in [0.2, 0.25) is 5.91 Å². The molecule has 0 radical (unpaired) electrons. The number of ether oxygens (including phenoxy) is 2. The number of amides is 1. The van der Waals surface area contributed by atoms with Crippen LogP contribution in [0.1, 0.15) is 23.5 Å². The summed E-state index contributed by atoms with van der Waals surface area (Å²) in [6.45, 7) is 1.17. The predicted molar refractivity (Wildman–Crippen MR) is 126 cm³/mol. The first-order valence-corrected chi connectivity index (χ1v) is 9.18. The van der Waals surface area contributed by atoms with Crippen LogP contribution in [0.15, 0.2) is 47.5 Å². The molecule has 3 N–H and O–H groups in total. The van der Waals surface area contributed by atoms with Crippen LogP contribution in [0.5, 0.6) is 11.5 Å². The Balaban J connectivity index is 0.00000300. The van der Waals surface area contributed by atoms with Crippen molar-refractivity contribution in [3.63, 3.8) is 0 Å². The second-order valence-electron chi connectivity index (χ2n) is 6.52. The Morgan fingerprint density at radius 3 is 2.69 bits per heavy atom. The van der Waals surface area contributed by atoms with E-state index in [2.05, 4.69) is 27.0 Å². The fourth-order valence-corrected chi connectivity index (χ4v) is 3.30. The van der Waals surface area contributed by atoms with E-state index in [4.69, 9.17) is 9.47 Å². The van der Waals surface area contributed by atoms with Gasteiger partial charge in [-0.25, -0.2) is 0 Å². The highest BCUT2D eigenvalue weighted by molar-refractivity contribution is 14.0. The first-order valence-electron chi connectivity index (χ1n) is 9.18. The van der Waals surface area contributed by atoms with Gasteiger partial charge in [0, 0.05) is 49.8 Å². The fraction of sp³-hybridized carbons (Fsp3) is 0.333. The summed E-state index contributed by atoms with van der Waals surface area (Å²) in [7, 11) is 4.99. The van der Waals surface area contributed by atoms with Gasteiger partial charge in [-0.15, -0.1) is 24.0 Å². The van der Waals surface area contributed by atoms with Crippen molar-refractivity contribution in [2.24, 2.45) is 4.99 Å². The molecular weight excluding hydrogens is 483 g/mol. The zero-order valence-electron chi connectivity index (χ0n) is 16.8. The van der Waals surface area contributed by atoms with E-state index in [1.54, 1.807) is 21.3 Å². The van der Waals surface area contributed by atoms with E-state index in [9.17, 15) is 4.79 Å². The summed E-state index contributed by atoms with van der Waals surface area (Å²) in [6.07, 6.45) is 0.452. The Labute approximate surface area is 188 Å². The monoisotopic (exact) mass is 510 g/mol. The second-order valence-corrected chi connectivity index (χ2v) is 6.52. The van der Waals surface area contributed by atoms with Crippen molar-refractivity contribution in [3.05, 3.63) is 53.6 Å². The zero-order valence-corrected chi connectivity index (χ0v) is 19.2. The number of hydrogen-bond donors (Lipinski definition) is 3. The van der Waals surface area contributed by atoms with Crippen molar-refractivity contribution >= 4 is 41.5 Å². The lowest BCUT2D eigenvalue weighted by Crippen LogP contribution is -2.40. The van der Waals surface area contributed by atoms with Gasteiger partial charge in [-0.1, -0.05) is 18.2 Å². The molecule has 3 rings (SSSR count). The zero-order chi connectivity index (χ0) is 19.9. The third-order valence-electron chi connectivity index (χ3n) is 4.79. The van der Waals surface area contributed by atoms with Gasteiger partial charge in [-0.3, -0.25) is 9.79 Å². The minimum atomic E-state index is 0. The number of benzene rings is 2. The van der Waals surface area contributed by atoms with Crippen molar-refractivity contribution in [2.45, 2.75) is 18.9 Å². The van der Waals surface area contributed by atoms with Crippen LogP contribution >= 0.6 is 24.0 Å². The van der Waals surface area contributed by atoms with E-state index in [1.165, 1.54) is 0 Å². The van der Waals surface area contributed by atoms with Crippen LogP contribution in [0.2, 0.25) is 0 Å². The van der Waals surface area contributed by atoms with Crippen molar-refractivity contribution in [1.29, 1.82) is 0 Å². The molecule has 0 bridgehead atoms. The molecule has 156 valence electrons. The molecule has 0 aromatic heterocycles. The number of anilines is 1. The Morgan fingerprint density at radius 1 is 1.17 bits per heavy atom. The number of para-hydroxylation sites is 1. The Bertz CT molecular complexity index is 873. The molecule has 1 aliphatic rings. The van der Waals surface area contributed by atoms with Crippen LogP contribution in [0, 0.1) is 0 Å². The molecule has 7 nitrogen and oxygen atoms in total. The van der Waals surface area contributed by atoms with E-state index in [-0.39, 0.29) is 35.8 Å². The number of carbonyl (C=O) groups excluding carboxylic acids is 1. The normalized spacial score (nSPS) is 15.5. The van der Waals surface area contributed by atoms with Crippen LogP contribution in [0.3, 0.4) is 0 Å². The smallest absolute Gasteiger partial charge is 0.225 e. The number of fused-ring (bicyclic) bond motifs is 1. The Kier molecular flexibility index (Phi) is 8.56. The third kappa shape index (κ3) is 5.75. The van der Waals surface area contributed by atoms with Gasteiger partial charge in [-0.2, -0.15) is 0 Å². The van der Waals surface area contributed by atoms with Gasteiger partial charge in [-0.05, 0) is 23.8 Å². The number of methoxy groups -OCH3 is 2. The van der Waals surface area contributed by atoms with E-state index < -0.39 is 0 Å². The molecule has 1 aliphatic heterocycles. The van der Waals surface area contributed by atoms with Gasteiger partial charge >= 0.3 is 0 Å². The molecular formula is C21H27IN4O3. The molecule has 2 aromatic rings. The van der Waals surface area contributed by atoms with Crippen LogP contribution in [-0.4, -0.2) is 39.7 Å². The van der Waals surface area contributed by atoms with Crippen molar-refractivity contribution < 1.29 is 14.3 Å². The molecule has 2 aromatic carbocycles. The SMILES string of the molecule is CN=C(NCc1ccc(OC)cc1OC)NCC1CC(=O)Nc2ccccc21.I. The molecule has 0 aliphatic carbocycles. The summed E-state index contributed by atoms with van der Waals surface area (Å²) in [6, 6.07) is 13.6. The number of nitrogens with zero attached hydrogens (tertiary/aromatic N) is 1. The summed E-state index contributed by atoms with van der Waals surface area (Å²) >= 11 is 0. The van der Waals surface area contributed by atoms with Gasteiger partial charge in [0.25, 0.3) is 0 Å². The Morgan fingerprint density at radius 2 is 1.97 bits per heavy atom. The summed E-state index contributed by atoms with van der Waals surface area (Å²) in [5.41, 5.74) is 3.02. The van der Waals surface area contributed by atoms with Crippen molar-refractivity contribution in [1.82, 2.24) is 10.6 Å². The van der Waals surface area contributed by atoms with Crippen LogP contribution in [-0.2, 0) is 11.3 Å². The number of carbonyl (C=O) groups is 1. The van der Waals surface area contributed by atoms with Crippen LogP contribution in [0.4, 0.5) is 5.69 Å². The molecule has 1 atom stereocenters. The number of guanidine groups is 1. The largest absolute Gasteiger partial charge is 0.497 e. The molecule has 29 heavy (non-hydrogen) atoms. The van der Waals surface area contributed by atoms with E-state index in [0.29, 0.717) is 25.5 Å². The minimum absolute atomic E-state index is 0. The van der Waals surface area contributed by atoms with Crippen molar-refractivity contribution in [3.8, 4) is 11.5 Å². The lowest BCUT2D eigenvalue weighted by Gasteiger charge is -2.26. The maximum Gasteiger partial charge on any atom is 0.225 e. The lowest BCUT2D eigenvalue weighted by molar-refractivity contribution is -0.116. The standard InChI is InChI=1S/C21H26N4O3.HI/c1-22-21(23-12-14-8-9-16(27-2)11-19(14)28-3)24-13-15-10-20(26)25-18-7-5-4-6-17(15)18;/h4-9,11,15H,10,12-13H2,1-3H3,(H,25,26)(H2,22,23,24);1H. The maximum absolute atomic E-state index is 12.0. The highest BCUT2D eigenvalue weighted by Gasteiger charge is 2.24. The predicted octanol–water partition coefficient (Wildman–Crippen LogP) is 3.11. The average molecular weight is 510 g/mol. The molecule has 1 heterocycles. The first kappa shape index (κ1) is 22.8. The lowest BCUT2D eigenvalue weighted by atomic mass is 9.90. The highest BCUT2D eigenvalue weighted by Crippen LogP contribution is 2.31. The van der Waals surface area contributed by atoms with E-state index in [1.807, 2.05) is 36.4 Å². The number of hydrogen-bond acceptors (Lipinski definition) is 4. The maximum atomic E-state index is 12.0. The minimum Gasteiger partial charge on any atom is -0.497 e. The third-order valence-corrected chi connectivity index (χ3v) is 4.79. The summed E-state index contributed by atoms with van der Waals surface area (Å²) in [5, 5.41) is 9.54. The summed E-state index contributed by atoms with van der Waals surface area (Å²) in [4.78, 5) is 16.3. The van der Waals surface area contributed by atoms with Gasteiger partial charge in [0.15, 0.2) is 5.96 Å². The topological polar surface area (TPSA) is 84.0 Å². The highest BCUT2D eigenvalue weighted by atomic mass is 127. The molecule has 1 unspecified atom stereocenters. The van der Waals surface area contributed by atoms with Gasteiger partial charge in [0.1, 0.15) is 11.5 Å². The molecule has 0 fully saturated rings. The van der Waals surface area contributed by atoms with E-state index >= 15 is 0 Å². The molecule has 0 spiro atoms. The van der Waals surface area contributed by atoms with Crippen LogP contribution in [0.25, 0.3) is 0 Å². The molecule has 0 saturated heterocycles. The number of rotatable bonds is 6. The first-order chi connectivity index (χ1) is 13.6. The number of halogens is 1.